The molecule has 1 aromatic carbocycles. The molecule has 9 heteroatoms. The maximum absolute atomic E-state index is 14.6. The fourth-order valence-corrected chi connectivity index (χ4v) is 4.88. The zero-order valence-electron chi connectivity index (χ0n) is 21.9. The number of hydrogen-bond acceptors (Lipinski definition) is 6. The first-order valence-electron chi connectivity index (χ1n) is 13.0. The molecule has 1 saturated heterocycles. The van der Waals surface area contributed by atoms with Crippen molar-refractivity contribution in [2.24, 2.45) is 0 Å². The van der Waals surface area contributed by atoms with E-state index in [-0.39, 0.29) is 29.7 Å². The summed E-state index contributed by atoms with van der Waals surface area (Å²) in [5, 5.41) is 11.0. The first kappa shape index (κ1) is 25.4. The van der Waals surface area contributed by atoms with Crippen LogP contribution in [0.4, 0.5) is 10.1 Å². The van der Waals surface area contributed by atoms with Gasteiger partial charge in [0, 0.05) is 62.0 Å². The van der Waals surface area contributed by atoms with Gasteiger partial charge in [-0.15, -0.1) is 0 Å². The second-order valence-corrected chi connectivity index (χ2v) is 10.4. The number of carbonyl (C=O) groups is 1. The van der Waals surface area contributed by atoms with E-state index in [1.165, 1.54) is 6.07 Å². The molecular formula is C28H35FN6O2. The molecule has 3 heterocycles. The highest BCUT2D eigenvalue weighted by molar-refractivity contribution is 5.95. The molecule has 0 bridgehead atoms. The second kappa shape index (κ2) is 10.6. The van der Waals surface area contributed by atoms with Gasteiger partial charge in [0.1, 0.15) is 5.82 Å². The molecule has 1 aliphatic carbocycles. The Balaban J connectivity index is 1.34. The van der Waals surface area contributed by atoms with Crippen LogP contribution >= 0.6 is 0 Å². The van der Waals surface area contributed by atoms with Crippen LogP contribution in [0, 0.1) is 12.7 Å². The molecule has 1 amide bonds. The summed E-state index contributed by atoms with van der Waals surface area (Å²) in [4.78, 5) is 19.4. The predicted molar refractivity (Wildman–Crippen MR) is 142 cm³/mol. The van der Waals surface area contributed by atoms with Crippen molar-refractivity contribution in [1.82, 2.24) is 25.0 Å². The van der Waals surface area contributed by atoms with Gasteiger partial charge in [0.05, 0.1) is 35.3 Å². The lowest BCUT2D eigenvalue weighted by Gasteiger charge is -2.40. The van der Waals surface area contributed by atoms with Gasteiger partial charge < -0.3 is 15.4 Å². The van der Waals surface area contributed by atoms with Crippen molar-refractivity contribution in [3.63, 3.8) is 0 Å². The standard InChI is InChI=1S/C28H35FN6O2/c1-17(2)34-8-7-25(27(16-34)37-4)32-22-10-19(12-30-14-22)20-13-31-35(15-20)26-11-23(24(29)9-18(26)3)28(36)33-21-5-6-21/h9-15,17,21,25,27,32H,5-8,16H2,1-4H3,(H,33,36)/t25-,27+/m0/s1. The third kappa shape index (κ3) is 5.67. The smallest absolute Gasteiger partial charge is 0.254 e. The normalized spacial score (nSPS) is 20.3. The third-order valence-corrected chi connectivity index (χ3v) is 7.32. The molecule has 0 spiro atoms. The van der Waals surface area contributed by atoms with Gasteiger partial charge in [-0.05, 0) is 63.8 Å². The fraction of sp³-hybridized carbons (Fsp3) is 0.464. The number of halogens is 1. The number of piperidine rings is 1. The summed E-state index contributed by atoms with van der Waals surface area (Å²) >= 11 is 0. The van der Waals surface area contributed by atoms with Crippen LogP contribution in [-0.2, 0) is 4.74 Å². The van der Waals surface area contributed by atoms with E-state index in [1.807, 2.05) is 19.3 Å². The van der Waals surface area contributed by atoms with Crippen molar-refractivity contribution in [1.29, 1.82) is 0 Å². The summed E-state index contributed by atoms with van der Waals surface area (Å²) in [6.45, 7) is 8.15. The highest BCUT2D eigenvalue weighted by Gasteiger charge is 2.30. The number of hydrogen-bond donors (Lipinski definition) is 2. The van der Waals surface area contributed by atoms with Gasteiger partial charge in [0.2, 0.25) is 0 Å². The van der Waals surface area contributed by atoms with Crippen molar-refractivity contribution in [2.75, 3.05) is 25.5 Å². The lowest BCUT2D eigenvalue weighted by molar-refractivity contribution is 0.0116. The quantitative estimate of drug-likeness (QED) is 0.477. The molecule has 8 nitrogen and oxygen atoms in total. The molecule has 2 aliphatic rings. The lowest BCUT2D eigenvalue weighted by atomic mass is 10.00. The third-order valence-electron chi connectivity index (χ3n) is 7.32. The summed E-state index contributed by atoms with van der Waals surface area (Å²) in [5.41, 5.74) is 4.11. The van der Waals surface area contributed by atoms with Crippen molar-refractivity contribution in [3.8, 4) is 16.8 Å². The Bertz CT molecular complexity index is 1270. The Hall–Kier alpha value is -3.30. The first-order chi connectivity index (χ1) is 17.8. The van der Waals surface area contributed by atoms with Crippen LogP contribution in [0.2, 0.25) is 0 Å². The monoisotopic (exact) mass is 506 g/mol. The van der Waals surface area contributed by atoms with E-state index in [9.17, 15) is 9.18 Å². The maximum atomic E-state index is 14.6. The van der Waals surface area contributed by atoms with Crippen molar-refractivity contribution < 1.29 is 13.9 Å². The minimum atomic E-state index is -0.525. The predicted octanol–water partition coefficient (Wildman–Crippen LogP) is 4.18. The zero-order chi connectivity index (χ0) is 26.1. The number of aromatic nitrogens is 3. The Kier molecular flexibility index (Phi) is 7.26. The van der Waals surface area contributed by atoms with Crippen LogP contribution in [0.25, 0.3) is 16.8 Å². The van der Waals surface area contributed by atoms with E-state index in [1.54, 1.807) is 30.3 Å². The number of nitrogens with one attached hydrogen (secondary N) is 2. The number of benzene rings is 1. The molecule has 1 aliphatic heterocycles. The summed E-state index contributed by atoms with van der Waals surface area (Å²) in [6, 6.07) is 5.87. The van der Waals surface area contributed by atoms with Crippen LogP contribution in [0.15, 0.2) is 43.0 Å². The van der Waals surface area contributed by atoms with E-state index in [0.29, 0.717) is 17.3 Å². The molecule has 2 atom stereocenters. The van der Waals surface area contributed by atoms with Crippen LogP contribution < -0.4 is 10.6 Å². The van der Waals surface area contributed by atoms with Gasteiger partial charge in [-0.1, -0.05) is 0 Å². The number of likely N-dealkylation sites (tertiary alicyclic amines) is 1. The maximum Gasteiger partial charge on any atom is 0.254 e. The number of aryl methyl sites for hydroxylation is 1. The van der Waals surface area contributed by atoms with Gasteiger partial charge in [0.15, 0.2) is 0 Å². The van der Waals surface area contributed by atoms with Crippen LogP contribution in [0.3, 0.4) is 0 Å². The van der Waals surface area contributed by atoms with Gasteiger partial charge >= 0.3 is 0 Å². The number of nitrogens with zero attached hydrogens (tertiary/aromatic N) is 4. The molecule has 37 heavy (non-hydrogen) atoms. The molecule has 2 aromatic heterocycles. The van der Waals surface area contributed by atoms with Crippen molar-refractivity contribution in [2.45, 2.75) is 64.3 Å². The summed E-state index contributed by atoms with van der Waals surface area (Å²) < 4.78 is 22.1. The Morgan fingerprint density at radius 2 is 1.95 bits per heavy atom. The molecular weight excluding hydrogens is 471 g/mol. The molecule has 5 rings (SSSR count). The number of rotatable bonds is 8. The SMILES string of the molecule is CO[C@@H]1CN(C(C)C)CC[C@@H]1Nc1cncc(-c2cnn(-c3cc(C(=O)NC4CC4)c(F)cc3C)c2)c1. The molecule has 3 aromatic rings. The Morgan fingerprint density at radius 3 is 2.68 bits per heavy atom. The number of pyridine rings is 1. The largest absolute Gasteiger partial charge is 0.378 e. The van der Waals surface area contributed by atoms with E-state index >= 15 is 0 Å². The van der Waals surface area contributed by atoms with Crippen LogP contribution in [0.1, 0.15) is 49.0 Å². The lowest BCUT2D eigenvalue weighted by Crippen LogP contribution is -2.52. The fourth-order valence-electron chi connectivity index (χ4n) is 4.88. The van der Waals surface area contributed by atoms with Crippen LogP contribution in [0.5, 0.6) is 0 Å². The number of carbonyl (C=O) groups excluding carboxylic acids is 1. The topological polar surface area (TPSA) is 84.3 Å². The zero-order valence-corrected chi connectivity index (χ0v) is 21.9. The van der Waals surface area contributed by atoms with E-state index in [2.05, 4.69) is 45.5 Å². The van der Waals surface area contributed by atoms with Gasteiger partial charge in [-0.2, -0.15) is 5.10 Å². The minimum absolute atomic E-state index is 0.0358. The summed E-state index contributed by atoms with van der Waals surface area (Å²) in [5.74, 6) is -0.909. The highest BCUT2D eigenvalue weighted by Crippen LogP contribution is 2.27. The molecule has 0 unspecified atom stereocenters. The summed E-state index contributed by atoms with van der Waals surface area (Å²) in [7, 11) is 1.77. The number of amides is 1. The first-order valence-corrected chi connectivity index (χ1v) is 13.0. The number of methoxy groups -OCH3 is 1. The van der Waals surface area contributed by atoms with E-state index in [0.717, 1.165) is 49.2 Å². The average Bonchev–Trinajstić information content (AvgIpc) is 3.56. The van der Waals surface area contributed by atoms with E-state index in [4.69, 9.17) is 4.74 Å². The van der Waals surface area contributed by atoms with E-state index < -0.39 is 5.82 Å². The second-order valence-electron chi connectivity index (χ2n) is 10.4. The molecule has 1 saturated carbocycles. The highest BCUT2D eigenvalue weighted by atomic mass is 19.1. The molecule has 196 valence electrons. The molecule has 2 N–H and O–H groups in total. The van der Waals surface area contributed by atoms with Crippen LogP contribution in [-0.4, -0.2) is 70.0 Å². The van der Waals surface area contributed by atoms with Crippen molar-refractivity contribution in [3.05, 3.63) is 59.9 Å². The number of anilines is 1. The van der Waals surface area contributed by atoms with Crippen molar-refractivity contribution >= 4 is 11.6 Å². The molecule has 2 fully saturated rings. The Morgan fingerprint density at radius 1 is 1.14 bits per heavy atom. The summed E-state index contributed by atoms with van der Waals surface area (Å²) in [6.07, 6.45) is 10.2. The Labute approximate surface area is 217 Å². The van der Waals surface area contributed by atoms with Gasteiger partial charge in [0.25, 0.3) is 5.91 Å². The van der Waals surface area contributed by atoms with Gasteiger partial charge in [-0.25, -0.2) is 9.07 Å². The molecule has 0 radical (unpaired) electrons. The average molecular weight is 507 g/mol. The number of ether oxygens (including phenoxy) is 1. The van der Waals surface area contributed by atoms with Gasteiger partial charge in [-0.3, -0.25) is 14.7 Å². The minimum Gasteiger partial charge on any atom is -0.378 e.